The van der Waals surface area contributed by atoms with Crippen LogP contribution in [-0.2, 0) is 21.2 Å². The number of carbonyl (C=O) groups excluding carboxylic acids is 1. The summed E-state index contributed by atoms with van der Waals surface area (Å²) in [6.45, 7) is 1.97. The van der Waals surface area contributed by atoms with Crippen LogP contribution >= 0.6 is 0 Å². The number of amides is 1. The Bertz CT molecular complexity index is 592. The molecule has 1 aromatic carbocycles. The van der Waals surface area contributed by atoms with Crippen molar-refractivity contribution < 1.29 is 13.2 Å². The predicted molar refractivity (Wildman–Crippen MR) is 71.9 cm³/mol. The second kappa shape index (κ2) is 4.94. The quantitative estimate of drug-likeness (QED) is 0.841. The molecule has 19 heavy (non-hydrogen) atoms. The lowest BCUT2D eigenvalue weighted by atomic mass is 10.1. The lowest BCUT2D eigenvalue weighted by Crippen LogP contribution is -2.45. The van der Waals surface area contributed by atoms with Gasteiger partial charge in [-0.3, -0.25) is 4.79 Å². The summed E-state index contributed by atoms with van der Waals surface area (Å²) in [6, 6.07) is 6.71. The zero-order valence-corrected chi connectivity index (χ0v) is 11.7. The minimum absolute atomic E-state index is 0.162. The molecule has 1 amide bonds. The van der Waals surface area contributed by atoms with Crippen LogP contribution in [0.5, 0.6) is 0 Å². The van der Waals surface area contributed by atoms with Gasteiger partial charge in [-0.15, -0.1) is 0 Å². The van der Waals surface area contributed by atoms with Crippen molar-refractivity contribution in [2.45, 2.75) is 43.0 Å². The predicted octanol–water partition coefficient (Wildman–Crippen LogP) is 0.935. The smallest absolute Gasteiger partial charge is 0.264 e. The highest BCUT2D eigenvalue weighted by molar-refractivity contribution is 7.90. The number of hydrogen-bond donors (Lipinski definition) is 2. The molecule has 3 N–H and O–H groups in total. The van der Waals surface area contributed by atoms with Crippen molar-refractivity contribution >= 4 is 15.9 Å². The van der Waals surface area contributed by atoms with Gasteiger partial charge in [-0.2, -0.15) is 0 Å². The van der Waals surface area contributed by atoms with E-state index in [0.717, 1.165) is 6.42 Å². The molecule has 0 heterocycles. The highest BCUT2D eigenvalue weighted by atomic mass is 32.2. The standard InChI is InChI=1S/C13H18N2O3S/c1-2-5-10-6-3-4-7-11(10)19(17,18)15-12(16)13(14)8-9-13/h3-4,6-7H,2,5,8-9,14H2,1H3,(H,15,16). The second-order valence-electron chi connectivity index (χ2n) is 4.95. The normalized spacial score (nSPS) is 16.9. The molecule has 0 spiro atoms. The van der Waals surface area contributed by atoms with Gasteiger partial charge in [-0.05, 0) is 30.9 Å². The Morgan fingerprint density at radius 3 is 2.58 bits per heavy atom. The van der Waals surface area contributed by atoms with Crippen molar-refractivity contribution in [3.63, 3.8) is 0 Å². The Morgan fingerprint density at radius 1 is 1.37 bits per heavy atom. The van der Waals surface area contributed by atoms with Crippen molar-refractivity contribution in [3.8, 4) is 0 Å². The van der Waals surface area contributed by atoms with E-state index in [-0.39, 0.29) is 4.90 Å². The Kier molecular flexibility index (Phi) is 3.64. The van der Waals surface area contributed by atoms with Crippen LogP contribution in [0, 0.1) is 0 Å². The summed E-state index contributed by atoms with van der Waals surface area (Å²) in [6.07, 6.45) is 2.55. The Morgan fingerprint density at radius 2 is 2.00 bits per heavy atom. The van der Waals surface area contributed by atoms with Crippen LogP contribution < -0.4 is 10.5 Å². The number of carbonyl (C=O) groups is 1. The minimum atomic E-state index is -3.84. The maximum Gasteiger partial charge on any atom is 0.264 e. The molecule has 1 aromatic rings. The summed E-state index contributed by atoms with van der Waals surface area (Å²) in [5.41, 5.74) is 5.42. The fourth-order valence-electron chi connectivity index (χ4n) is 1.88. The van der Waals surface area contributed by atoms with E-state index in [1.165, 1.54) is 6.07 Å². The molecule has 0 atom stereocenters. The summed E-state index contributed by atoms with van der Waals surface area (Å²) in [7, 11) is -3.84. The third kappa shape index (κ3) is 2.96. The molecule has 6 heteroatoms. The van der Waals surface area contributed by atoms with Crippen molar-refractivity contribution in [1.29, 1.82) is 0 Å². The molecule has 0 radical (unpaired) electrons. The van der Waals surface area contributed by atoms with Gasteiger partial charge >= 0.3 is 0 Å². The molecule has 0 saturated heterocycles. The van der Waals surface area contributed by atoms with Crippen molar-refractivity contribution in [2.24, 2.45) is 5.73 Å². The highest BCUT2D eigenvalue weighted by Crippen LogP contribution is 2.32. The first-order valence-electron chi connectivity index (χ1n) is 6.33. The fourth-order valence-corrected chi connectivity index (χ4v) is 3.21. The minimum Gasteiger partial charge on any atom is -0.317 e. The Labute approximate surface area is 113 Å². The summed E-state index contributed by atoms with van der Waals surface area (Å²) in [4.78, 5) is 11.9. The molecule has 0 aliphatic heterocycles. The summed E-state index contributed by atoms with van der Waals surface area (Å²) in [5, 5.41) is 0. The van der Waals surface area contributed by atoms with E-state index in [0.29, 0.717) is 24.8 Å². The van der Waals surface area contributed by atoms with E-state index < -0.39 is 21.5 Å². The Hall–Kier alpha value is -1.40. The lowest BCUT2D eigenvalue weighted by Gasteiger charge is -2.13. The highest BCUT2D eigenvalue weighted by Gasteiger charge is 2.47. The molecule has 5 nitrogen and oxygen atoms in total. The van der Waals surface area contributed by atoms with Gasteiger partial charge in [0, 0.05) is 0 Å². The first-order chi connectivity index (χ1) is 8.89. The average molecular weight is 282 g/mol. The van der Waals surface area contributed by atoms with Gasteiger partial charge < -0.3 is 5.73 Å². The topological polar surface area (TPSA) is 89.3 Å². The largest absolute Gasteiger partial charge is 0.317 e. The maximum absolute atomic E-state index is 12.2. The van der Waals surface area contributed by atoms with Gasteiger partial charge in [-0.25, -0.2) is 13.1 Å². The number of nitrogens with two attached hydrogens (primary N) is 1. The molecule has 1 aliphatic carbocycles. The van der Waals surface area contributed by atoms with Crippen LogP contribution in [0.1, 0.15) is 31.7 Å². The SMILES string of the molecule is CCCc1ccccc1S(=O)(=O)NC(=O)C1(N)CC1. The number of benzene rings is 1. The first kappa shape index (κ1) is 14.0. The van der Waals surface area contributed by atoms with Crippen LogP contribution in [0.15, 0.2) is 29.2 Å². The van der Waals surface area contributed by atoms with Crippen LogP contribution in [0.3, 0.4) is 0 Å². The van der Waals surface area contributed by atoms with Crippen LogP contribution in [0.4, 0.5) is 0 Å². The van der Waals surface area contributed by atoms with Gasteiger partial charge in [-0.1, -0.05) is 31.5 Å². The maximum atomic E-state index is 12.2. The van der Waals surface area contributed by atoms with Gasteiger partial charge in [0.1, 0.15) is 0 Å². The molecule has 2 rings (SSSR count). The number of aryl methyl sites for hydroxylation is 1. The molecule has 0 aromatic heterocycles. The lowest BCUT2D eigenvalue weighted by molar-refractivity contribution is -0.121. The summed E-state index contributed by atoms with van der Waals surface area (Å²) >= 11 is 0. The fraction of sp³-hybridized carbons (Fsp3) is 0.462. The molecule has 1 saturated carbocycles. The van der Waals surface area contributed by atoms with Crippen molar-refractivity contribution in [1.82, 2.24) is 4.72 Å². The monoisotopic (exact) mass is 282 g/mol. The van der Waals surface area contributed by atoms with E-state index in [1.54, 1.807) is 18.2 Å². The Balaban J connectivity index is 2.26. The van der Waals surface area contributed by atoms with E-state index in [9.17, 15) is 13.2 Å². The molecule has 1 aliphatic rings. The van der Waals surface area contributed by atoms with Crippen molar-refractivity contribution in [3.05, 3.63) is 29.8 Å². The van der Waals surface area contributed by atoms with E-state index >= 15 is 0 Å². The van der Waals surface area contributed by atoms with Crippen LogP contribution in [0.25, 0.3) is 0 Å². The molecule has 104 valence electrons. The van der Waals surface area contributed by atoms with Gasteiger partial charge in [0.25, 0.3) is 15.9 Å². The number of hydrogen-bond acceptors (Lipinski definition) is 4. The molecule has 1 fully saturated rings. The zero-order chi connectivity index (χ0) is 14.1. The van der Waals surface area contributed by atoms with E-state index in [4.69, 9.17) is 5.73 Å². The molecule has 0 unspecified atom stereocenters. The van der Waals surface area contributed by atoms with Crippen LogP contribution in [-0.4, -0.2) is 19.9 Å². The third-order valence-corrected chi connectivity index (χ3v) is 4.68. The summed E-state index contributed by atoms with van der Waals surface area (Å²) in [5.74, 6) is -0.612. The zero-order valence-electron chi connectivity index (χ0n) is 10.8. The first-order valence-corrected chi connectivity index (χ1v) is 7.81. The van der Waals surface area contributed by atoms with Crippen LogP contribution in [0.2, 0.25) is 0 Å². The van der Waals surface area contributed by atoms with Gasteiger partial charge in [0.15, 0.2) is 0 Å². The van der Waals surface area contributed by atoms with Crippen molar-refractivity contribution in [2.75, 3.05) is 0 Å². The number of sulfonamides is 1. The third-order valence-electron chi connectivity index (χ3n) is 3.25. The molecular weight excluding hydrogens is 264 g/mol. The number of rotatable bonds is 5. The number of nitrogens with one attached hydrogen (secondary N) is 1. The van der Waals surface area contributed by atoms with Gasteiger partial charge in [0.05, 0.1) is 10.4 Å². The average Bonchev–Trinajstić information content (AvgIpc) is 3.09. The molecule has 0 bridgehead atoms. The second-order valence-corrected chi connectivity index (χ2v) is 6.60. The molecular formula is C13H18N2O3S. The van der Waals surface area contributed by atoms with E-state index in [1.807, 2.05) is 6.92 Å². The summed E-state index contributed by atoms with van der Waals surface area (Å²) < 4.78 is 26.5. The van der Waals surface area contributed by atoms with Gasteiger partial charge in [0.2, 0.25) is 0 Å². The van der Waals surface area contributed by atoms with E-state index in [2.05, 4.69) is 4.72 Å².